The van der Waals surface area contributed by atoms with Gasteiger partial charge < -0.3 is 29.7 Å². The number of carbonyl (C=O) groups excluding carboxylic acids is 1. The monoisotopic (exact) mass is 692 g/mol. The predicted octanol–water partition coefficient (Wildman–Crippen LogP) is 5.07. The molecule has 0 spiro atoms. The summed E-state index contributed by atoms with van der Waals surface area (Å²) in [4.78, 5) is 51.0. The molecule has 11 nitrogen and oxygen atoms in total. The van der Waals surface area contributed by atoms with Gasteiger partial charge in [0, 0.05) is 37.9 Å². The van der Waals surface area contributed by atoms with Crippen LogP contribution in [0.3, 0.4) is 0 Å². The second kappa shape index (κ2) is 16.7. The first-order valence-electron chi connectivity index (χ1n) is 13.6. The number of amides is 1. The number of nitrogens with one attached hydrogen (secondary N) is 1. The Morgan fingerprint density at radius 2 is 1.49 bits per heavy atom. The maximum atomic E-state index is 13.3. The lowest BCUT2D eigenvalue weighted by Crippen LogP contribution is -2.34. The zero-order valence-electron chi connectivity index (χ0n) is 25.1. The summed E-state index contributed by atoms with van der Waals surface area (Å²) in [5.41, 5.74) is 1.56. The lowest BCUT2D eigenvalue weighted by atomic mass is 10.1. The van der Waals surface area contributed by atoms with Gasteiger partial charge in [0.15, 0.2) is 5.75 Å². The summed E-state index contributed by atoms with van der Waals surface area (Å²) >= 11 is 1.31. The van der Waals surface area contributed by atoms with Crippen LogP contribution in [0.1, 0.15) is 29.1 Å². The second-order valence-electron chi connectivity index (χ2n) is 9.38. The Morgan fingerprint density at radius 3 is 2.00 bits per heavy atom. The summed E-state index contributed by atoms with van der Waals surface area (Å²) in [5.74, 6) is -5.39. The number of aliphatic carboxylic acids is 2. The number of carbonyl (C=O) groups is 3. The summed E-state index contributed by atoms with van der Waals surface area (Å²) in [6, 6.07) is 11.4. The molecule has 47 heavy (non-hydrogen) atoms. The maximum absolute atomic E-state index is 13.3. The molecule has 0 fully saturated rings. The van der Waals surface area contributed by atoms with Crippen LogP contribution in [-0.4, -0.2) is 81.0 Å². The zero-order chi connectivity index (χ0) is 35.5. The lowest BCUT2D eigenvalue weighted by molar-refractivity contribution is -0.193. The van der Waals surface area contributed by atoms with Crippen LogP contribution in [0.25, 0.3) is 21.0 Å². The third kappa shape index (κ3) is 10.7. The van der Waals surface area contributed by atoms with E-state index in [2.05, 4.69) is 29.0 Å². The lowest BCUT2D eigenvalue weighted by Gasteiger charge is -2.17. The fourth-order valence-electron chi connectivity index (χ4n) is 3.90. The van der Waals surface area contributed by atoms with Gasteiger partial charge in [0.1, 0.15) is 16.9 Å². The van der Waals surface area contributed by atoms with Crippen LogP contribution in [-0.2, 0) is 23.2 Å². The van der Waals surface area contributed by atoms with Gasteiger partial charge >= 0.3 is 24.3 Å². The Hall–Kier alpha value is -4.71. The van der Waals surface area contributed by atoms with Crippen LogP contribution in [0.4, 0.5) is 26.3 Å². The Labute approximate surface area is 267 Å². The number of rotatable bonds is 9. The number of benzene rings is 1. The number of fused-ring (bicyclic) bond motifs is 3. The molecule has 0 aliphatic rings. The average Bonchev–Trinajstić information content (AvgIpc) is 3.41. The Kier molecular flexibility index (Phi) is 13.7. The van der Waals surface area contributed by atoms with Crippen molar-refractivity contribution in [3.05, 3.63) is 69.6 Å². The van der Waals surface area contributed by atoms with Crippen molar-refractivity contribution < 1.29 is 55.7 Å². The van der Waals surface area contributed by atoms with Crippen molar-refractivity contribution in [2.24, 2.45) is 7.05 Å². The fraction of sp³-hybridized carbons (Fsp3) is 0.345. The molecule has 0 saturated heterocycles. The van der Waals surface area contributed by atoms with E-state index in [1.165, 1.54) is 11.3 Å². The number of alkyl halides is 6. The minimum absolute atomic E-state index is 0.174. The van der Waals surface area contributed by atoms with E-state index in [0.717, 1.165) is 40.8 Å². The molecule has 3 N–H and O–H groups in total. The highest BCUT2D eigenvalue weighted by Gasteiger charge is 2.39. The molecule has 0 bridgehead atoms. The molecule has 1 amide bonds. The van der Waals surface area contributed by atoms with Gasteiger partial charge in [-0.2, -0.15) is 26.3 Å². The van der Waals surface area contributed by atoms with E-state index >= 15 is 0 Å². The van der Waals surface area contributed by atoms with E-state index < -0.39 is 24.3 Å². The van der Waals surface area contributed by atoms with E-state index in [4.69, 9.17) is 24.5 Å². The molecule has 4 rings (SSSR count). The van der Waals surface area contributed by atoms with E-state index in [-0.39, 0.29) is 18.1 Å². The van der Waals surface area contributed by atoms with Crippen molar-refractivity contribution in [1.29, 1.82) is 0 Å². The molecule has 0 saturated carbocycles. The van der Waals surface area contributed by atoms with E-state index in [1.54, 1.807) is 24.0 Å². The Balaban J connectivity index is 0.000000459. The smallest absolute Gasteiger partial charge is 0.486 e. The molecule has 18 heteroatoms. The molecule has 256 valence electrons. The number of carboxylic acid groups (broad SMARTS) is 2. The standard InChI is InChI=1S/C25H28N4O3S.2C2HF3O2/c1-4-29(5-2)15-14-27-24(30)23-21(32-16-17-10-12-26-13-11-17)20-22(33-23)18-8-6-7-9-19(18)28(3)25(20)31;2*3-2(4,5)1(6)7/h6-13H,4-5,14-16H2,1-3H3,(H,27,30);2*(H,6,7). The van der Waals surface area contributed by atoms with Crippen molar-refractivity contribution in [2.45, 2.75) is 32.8 Å². The van der Waals surface area contributed by atoms with E-state index in [1.807, 2.05) is 36.4 Å². The van der Waals surface area contributed by atoms with Crippen molar-refractivity contribution in [3.8, 4) is 5.75 Å². The summed E-state index contributed by atoms with van der Waals surface area (Å²) in [6.07, 6.45) is -6.78. The summed E-state index contributed by atoms with van der Waals surface area (Å²) in [7, 11) is 1.75. The number of nitrogens with zero attached hydrogens (tertiary/aromatic N) is 3. The number of ether oxygens (including phenoxy) is 1. The number of aromatic nitrogens is 2. The first kappa shape index (κ1) is 38.5. The van der Waals surface area contributed by atoms with Gasteiger partial charge in [-0.25, -0.2) is 9.59 Å². The summed E-state index contributed by atoms with van der Waals surface area (Å²) < 4.78 is 72.0. The average molecular weight is 693 g/mol. The first-order valence-corrected chi connectivity index (χ1v) is 14.4. The minimum Gasteiger partial charge on any atom is -0.486 e. The number of carboxylic acids is 2. The van der Waals surface area contributed by atoms with Gasteiger partial charge in [0.25, 0.3) is 11.5 Å². The Bertz CT molecular complexity index is 1710. The summed E-state index contributed by atoms with van der Waals surface area (Å²) in [6.45, 7) is 7.59. The van der Waals surface area contributed by atoms with Crippen LogP contribution in [0.15, 0.2) is 53.6 Å². The molecular formula is C29H30F6N4O7S. The van der Waals surface area contributed by atoms with Gasteiger partial charge in [-0.05, 0) is 36.9 Å². The topological polar surface area (TPSA) is 151 Å². The third-order valence-electron chi connectivity index (χ3n) is 6.32. The van der Waals surface area contributed by atoms with E-state index in [0.29, 0.717) is 22.6 Å². The first-order chi connectivity index (χ1) is 21.9. The molecule has 3 heterocycles. The summed E-state index contributed by atoms with van der Waals surface area (Å²) in [5, 5.41) is 18.6. The van der Waals surface area contributed by atoms with Crippen molar-refractivity contribution in [3.63, 3.8) is 0 Å². The maximum Gasteiger partial charge on any atom is 0.490 e. The van der Waals surface area contributed by atoms with Crippen LogP contribution in [0, 0.1) is 0 Å². The number of para-hydroxylation sites is 1. The zero-order valence-corrected chi connectivity index (χ0v) is 25.9. The van der Waals surface area contributed by atoms with Crippen LogP contribution in [0.5, 0.6) is 5.75 Å². The largest absolute Gasteiger partial charge is 0.490 e. The molecule has 1 aromatic carbocycles. The molecule has 3 aromatic heterocycles. The second-order valence-corrected chi connectivity index (χ2v) is 10.4. The molecule has 4 aromatic rings. The third-order valence-corrected chi connectivity index (χ3v) is 7.53. The van der Waals surface area contributed by atoms with Gasteiger partial charge in [-0.15, -0.1) is 11.3 Å². The fourth-order valence-corrected chi connectivity index (χ4v) is 5.09. The number of likely N-dealkylation sites (N-methyl/N-ethyl adjacent to an activating group) is 1. The number of pyridine rings is 2. The van der Waals surface area contributed by atoms with Gasteiger partial charge in [-0.3, -0.25) is 14.6 Å². The van der Waals surface area contributed by atoms with Gasteiger partial charge in [0.05, 0.1) is 10.2 Å². The van der Waals surface area contributed by atoms with Crippen LogP contribution < -0.4 is 15.6 Å². The Morgan fingerprint density at radius 1 is 0.957 bits per heavy atom. The van der Waals surface area contributed by atoms with Crippen molar-refractivity contribution >= 4 is 50.2 Å². The highest BCUT2D eigenvalue weighted by atomic mass is 32.1. The number of halogens is 6. The normalized spacial score (nSPS) is 11.4. The number of aryl methyl sites for hydroxylation is 1. The van der Waals surface area contributed by atoms with Gasteiger partial charge in [0.2, 0.25) is 0 Å². The molecule has 0 unspecified atom stereocenters. The van der Waals surface area contributed by atoms with Crippen molar-refractivity contribution in [2.75, 3.05) is 26.2 Å². The molecule has 0 aliphatic heterocycles. The predicted molar refractivity (Wildman–Crippen MR) is 161 cm³/mol. The van der Waals surface area contributed by atoms with Gasteiger partial charge in [-0.1, -0.05) is 32.0 Å². The minimum atomic E-state index is -5.08. The number of hydrogen-bond donors (Lipinski definition) is 3. The van der Waals surface area contributed by atoms with Crippen molar-refractivity contribution in [1.82, 2.24) is 19.8 Å². The SMILES string of the molecule is CCN(CC)CCNC(=O)c1sc2c(c1OCc1ccncc1)c(=O)n(C)c1ccccc21.O=C(O)C(F)(F)F.O=C(O)C(F)(F)F. The highest BCUT2D eigenvalue weighted by molar-refractivity contribution is 7.22. The molecule has 0 aliphatic carbocycles. The molecule has 0 radical (unpaired) electrons. The molecular weight excluding hydrogens is 662 g/mol. The number of hydrogen-bond acceptors (Lipinski definition) is 8. The molecule has 0 atom stereocenters. The number of thiophene rings is 1. The van der Waals surface area contributed by atoms with Crippen LogP contribution >= 0.6 is 11.3 Å². The highest BCUT2D eigenvalue weighted by Crippen LogP contribution is 2.40. The van der Waals surface area contributed by atoms with Crippen LogP contribution in [0.2, 0.25) is 0 Å². The van der Waals surface area contributed by atoms with E-state index in [9.17, 15) is 35.9 Å². The quantitative estimate of drug-likeness (QED) is 0.205.